The summed E-state index contributed by atoms with van der Waals surface area (Å²) in [6.45, 7) is 8.39. The van der Waals surface area contributed by atoms with Gasteiger partial charge in [0.25, 0.3) is 5.91 Å². The fraction of sp³-hybridized carbons (Fsp3) is 0.450. The van der Waals surface area contributed by atoms with E-state index in [1.165, 1.54) is 5.56 Å². The van der Waals surface area contributed by atoms with E-state index in [9.17, 15) is 4.79 Å². The highest BCUT2D eigenvalue weighted by Crippen LogP contribution is 2.18. The van der Waals surface area contributed by atoms with E-state index in [-0.39, 0.29) is 12.5 Å². The molecule has 25 heavy (non-hydrogen) atoms. The predicted molar refractivity (Wildman–Crippen MR) is 96.6 cm³/mol. The molecule has 0 bridgehead atoms. The van der Waals surface area contributed by atoms with E-state index in [2.05, 4.69) is 30.9 Å². The van der Waals surface area contributed by atoms with Crippen molar-refractivity contribution in [2.75, 3.05) is 32.8 Å². The molecule has 1 saturated heterocycles. The van der Waals surface area contributed by atoms with Crippen molar-refractivity contribution >= 4 is 5.91 Å². The van der Waals surface area contributed by atoms with E-state index >= 15 is 0 Å². The molecule has 1 aliphatic heterocycles. The van der Waals surface area contributed by atoms with Crippen LogP contribution in [0.4, 0.5) is 0 Å². The molecule has 2 aromatic rings. The second kappa shape index (κ2) is 8.21. The highest BCUT2D eigenvalue weighted by molar-refractivity contribution is 5.77. The topological polar surface area (TPSA) is 45.9 Å². The number of hydrogen-bond donors (Lipinski definition) is 0. The van der Waals surface area contributed by atoms with Crippen LogP contribution in [0.5, 0.6) is 5.75 Å². The summed E-state index contributed by atoms with van der Waals surface area (Å²) < 4.78 is 11.0. The Labute approximate surface area is 149 Å². The van der Waals surface area contributed by atoms with Gasteiger partial charge in [-0.1, -0.05) is 26.0 Å². The fourth-order valence-electron chi connectivity index (χ4n) is 2.96. The molecule has 1 fully saturated rings. The van der Waals surface area contributed by atoms with Gasteiger partial charge in [-0.05, 0) is 35.7 Å². The number of amides is 1. The molecule has 0 saturated carbocycles. The predicted octanol–water partition coefficient (Wildman–Crippen LogP) is 3.13. The Kier molecular flexibility index (Phi) is 5.76. The molecule has 1 aromatic heterocycles. The Bertz CT molecular complexity index is 657. The van der Waals surface area contributed by atoms with Crippen molar-refractivity contribution in [2.24, 2.45) is 0 Å². The number of carbonyl (C=O) groups is 1. The number of rotatable bonds is 6. The van der Waals surface area contributed by atoms with Crippen LogP contribution >= 0.6 is 0 Å². The lowest BCUT2D eigenvalue weighted by Crippen LogP contribution is -2.49. The van der Waals surface area contributed by atoms with Crippen LogP contribution < -0.4 is 4.74 Å². The van der Waals surface area contributed by atoms with Gasteiger partial charge in [0.2, 0.25) is 0 Å². The third-order valence-corrected chi connectivity index (χ3v) is 4.59. The fourth-order valence-corrected chi connectivity index (χ4v) is 2.96. The first-order chi connectivity index (χ1) is 12.1. The maximum Gasteiger partial charge on any atom is 0.260 e. The van der Waals surface area contributed by atoms with Crippen LogP contribution in [0.1, 0.15) is 31.1 Å². The number of benzene rings is 1. The minimum absolute atomic E-state index is 0.0468. The second-order valence-electron chi connectivity index (χ2n) is 6.75. The van der Waals surface area contributed by atoms with Crippen molar-refractivity contribution in [1.82, 2.24) is 9.80 Å². The third-order valence-electron chi connectivity index (χ3n) is 4.59. The highest BCUT2D eigenvalue weighted by Gasteiger charge is 2.21. The number of carbonyl (C=O) groups excluding carboxylic acids is 1. The van der Waals surface area contributed by atoms with Crippen molar-refractivity contribution < 1.29 is 13.9 Å². The third kappa shape index (κ3) is 4.86. The van der Waals surface area contributed by atoms with E-state index in [1.807, 2.05) is 29.2 Å². The Morgan fingerprint density at radius 3 is 2.44 bits per heavy atom. The van der Waals surface area contributed by atoms with Crippen LogP contribution in [-0.2, 0) is 11.3 Å². The molecule has 1 amide bonds. The number of furan rings is 1. The van der Waals surface area contributed by atoms with E-state index in [1.54, 1.807) is 6.26 Å². The first-order valence-electron chi connectivity index (χ1n) is 8.87. The van der Waals surface area contributed by atoms with Gasteiger partial charge in [0.15, 0.2) is 6.61 Å². The zero-order chi connectivity index (χ0) is 17.6. The van der Waals surface area contributed by atoms with Crippen molar-refractivity contribution in [2.45, 2.75) is 26.3 Å². The molecule has 0 spiro atoms. The average molecular weight is 342 g/mol. The quantitative estimate of drug-likeness (QED) is 0.809. The van der Waals surface area contributed by atoms with Crippen LogP contribution in [0, 0.1) is 0 Å². The number of ether oxygens (including phenoxy) is 1. The molecule has 5 heteroatoms. The second-order valence-corrected chi connectivity index (χ2v) is 6.75. The maximum absolute atomic E-state index is 12.3. The molecule has 0 atom stereocenters. The first kappa shape index (κ1) is 17.5. The maximum atomic E-state index is 12.3. The summed E-state index contributed by atoms with van der Waals surface area (Å²) in [4.78, 5) is 16.5. The SMILES string of the molecule is CC(C)c1ccc(OCC(=O)N2CCN(Cc3ccco3)CC2)cc1. The minimum Gasteiger partial charge on any atom is -0.484 e. The van der Waals surface area contributed by atoms with Crippen LogP contribution in [-0.4, -0.2) is 48.5 Å². The first-order valence-corrected chi connectivity index (χ1v) is 8.87. The van der Waals surface area contributed by atoms with Crippen molar-refractivity contribution in [3.8, 4) is 5.75 Å². The van der Waals surface area contributed by atoms with E-state index in [0.29, 0.717) is 5.92 Å². The molecule has 3 rings (SSSR count). The molecule has 134 valence electrons. The van der Waals surface area contributed by atoms with E-state index < -0.39 is 0 Å². The summed E-state index contributed by atoms with van der Waals surface area (Å²) in [5.41, 5.74) is 1.27. The lowest BCUT2D eigenvalue weighted by molar-refractivity contribution is -0.135. The number of piperazine rings is 1. The summed E-state index contributed by atoms with van der Waals surface area (Å²) in [7, 11) is 0. The number of hydrogen-bond acceptors (Lipinski definition) is 4. The molecular weight excluding hydrogens is 316 g/mol. The molecule has 2 heterocycles. The molecule has 0 N–H and O–H groups in total. The molecule has 0 aliphatic carbocycles. The molecular formula is C20H26N2O3. The van der Waals surface area contributed by atoms with Gasteiger partial charge in [0.05, 0.1) is 12.8 Å². The van der Waals surface area contributed by atoms with Gasteiger partial charge in [-0.15, -0.1) is 0 Å². The van der Waals surface area contributed by atoms with Gasteiger partial charge < -0.3 is 14.1 Å². The van der Waals surface area contributed by atoms with Crippen LogP contribution in [0.2, 0.25) is 0 Å². The Morgan fingerprint density at radius 1 is 1.12 bits per heavy atom. The lowest BCUT2D eigenvalue weighted by atomic mass is 10.0. The summed E-state index contributed by atoms with van der Waals surface area (Å²) in [6.07, 6.45) is 1.69. The molecule has 0 radical (unpaired) electrons. The summed E-state index contributed by atoms with van der Waals surface area (Å²) in [6, 6.07) is 11.9. The molecule has 5 nitrogen and oxygen atoms in total. The van der Waals surface area contributed by atoms with Gasteiger partial charge in [-0.25, -0.2) is 0 Å². The van der Waals surface area contributed by atoms with Crippen molar-refractivity contribution in [3.05, 3.63) is 54.0 Å². The van der Waals surface area contributed by atoms with Gasteiger partial charge in [0.1, 0.15) is 11.5 Å². The smallest absolute Gasteiger partial charge is 0.260 e. The summed E-state index contributed by atoms with van der Waals surface area (Å²) in [5, 5.41) is 0. The molecule has 1 aliphatic rings. The minimum atomic E-state index is 0.0468. The normalized spacial score (nSPS) is 15.6. The summed E-state index contributed by atoms with van der Waals surface area (Å²) in [5.74, 6) is 2.25. The van der Waals surface area contributed by atoms with Crippen molar-refractivity contribution in [1.29, 1.82) is 0 Å². The zero-order valence-corrected chi connectivity index (χ0v) is 15.0. The van der Waals surface area contributed by atoms with E-state index in [0.717, 1.165) is 44.2 Å². The molecule has 0 unspecified atom stereocenters. The van der Waals surface area contributed by atoms with Crippen LogP contribution in [0.3, 0.4) is 0 Å². The Morgan fingerprint density at radius 2 is 1.84 bits per heavy atom. The lowest BCUT2D eigenvalue weighted by Gasteiger charge is -2.34. The van der Waals surface area contributed by atoms with Crippen LogP contribution in [0.15, 0.2) is 47.1 Å². The largest absolute Gasteiger partial charge is 0.484 e. The standard InChI is InChI=1S/C20H26N2O3/c1-16(2)17-5-7-18(8-6-17)25-15-20(23)22-11-9-21(10-12-22)14-19-4-3-13-24-19/h3-8,13,16H,9-12,14-15H2,1-2H3. The van der Waals surface area contributed by atoms with Gasteiger partial charge in [-0.2, -0.15) is 0 Å². The van der Waals surface area contributed by atoms with Crippen LogP contribution in [0.25, 0.3) is 0 Å². The van der Waals surface area contributed by atoms with Gasteiger partial charge >= 0.3 is 0 Å². The Hall–Kier alpha value is -2.27. The van der Waals surface area contributed by atoms with Gasteiger partial charge in [0, 0.05) is 26.2 Å². The molecule has 1 aromatic carbocycles. The number of nitrogens with zero attached hydrogens (tertiary/aromatic N) is 2. The van der Waals surface area contributed by atoms with E-state index in [4.69, 9.17) is 9.15 Å². The summed E-state index contributed by atoms with van der Waals surface area (Å²) >= 11 is 0. The zero-order valence-electron chi connectivity index (χ0n) is 15.0. The average Bonchev–Trinajstić information content (AvgIpc) is 3.13. The Balaban J connectivity index is 1.41. The van der Waals surface area contributed by atoms with Crippen molar-refractivity contribution in [3.63, 3.8) is 0 Å². The highest BCUT2D eigenvalue weighted by atomic mass is 16.5. The monoisotopic (exact) mass is 342 g/mol. The van der Waals surface area contributed by atoms with Gasteiger partial charge in [-0.3, -0.25) is 9.69 Å².